The van der Waals surface area contributed by atoms with Gasteiger partial charge in [-0.1, -0.05) is 12.1 Å². The van der Waals surface area contributed by atoms with E-state index >= 15 is 0 Å². The lowest BCUT2D eigenvalue weighted by Crippen LogP contribution is -2.25. The van der Waals surface area contributed by atoms with Crippen LogP contribution >= 0.6 is 11.3 Å². The predicted molar refractivity (Wildman–Crippen MR) is 90.8 cm³/mol. The summed E-state index contributed by atoms with van der Waals surface area (Å²) in [5.41, 5.74) is 2.03. The van der Waals surface area contributed by atoms with Crippen LogP contribution in [-0.4, -0.2) is 38.1 Å². The third-order valence-corrected chi connectivity index (χ3v) is 4.37. The van der Waals surface area contributed by atoms with Crippen LogP contribution in [0.5, 0.6) is 0 Å². The first-order chi connectivity index (χ1) is 11.3. The van der Waals surface area contributed by atoms with Gasteiger partial charge in [-0.25, -0.2) is 4.98 Å². The number of pyridine rings is 2. The summed E-state index contributed by atoms with van der Waals surface area (Å²) in [4.78, 5) is 16.3. The summed E-state index contributed by atoms with van der Waals surface area (Å²) >= 11 is 1.64. The Kier molecular flexibility index (Phi) is 5.42. The van der Waals surface area contributed by atoms with Gasteiger partial charge >= 0.3 is 0 Å². The van der Waals surface area contributed by atoms with Crippen molar-refractivity contribution in [3.63, 3.8) is 0 Å². The second-order valence-electron chi connectivity index (χ2n) is 5.14. The number of aromatic nitrogens is 3. The van der Waals surface area contributed by atoms with Crippen LogP contribution in [0.25, 0.3) is 10.7 Å². The molecule has 118 valence electrons. The van der Waals surface area contributed by atoms with Crippen molar-refractivity contribution in [2.45, 2.75) is 13.1 Å². The maximum Gasteiger partial charge on any atom is 0.142 e. The molecular weight excluding hydrogens is 308 g/mol. The smallest absolute Gasteiger partial charge is 0.142 e. The van der Waals surface area contributed by atoms with Crippen molar-refractivity contribution >= 4 is 11.3 Å². The van der Waals surface area contributed by atoms with Gasteiger partial charge in [0.05, 0.1) is 12.3 Å². The zero-order chi connectivity index (χ0) is 15.9. The van der Waals surface area contributed by atoms with Crippen molar-refractivity contribution in [1.82, 2.24) is 19.9 Å². The van der Waals surface area contributed by atoms with Crippen molar-refractivity contribution in [2.75, 3.05) is 13.2 Å². The molecule has 0 aliphatic carbocycles. The first-order valence-corrected chi connectivity index (χ1v) is 8.25. The van der Waals surface area contributed by atoms with E-state index in [0.29, 0.717) is 6.54 Å². The minimum atomic E-state index is 0.131. The number of hydrogen-bond donors (Lipinski definition) is 1. The average Bonchev–Trinajstić information content (AvgIpc) is 3.05. The van der Waals surface area contributed by atoms with Crippen molar-refractivity contribution in [2.24, 2.45) is 0 Å². The van der Waals surface area contributed by atoms with Crippen LogP contribution in [0.15, 0.2) is 55.1 Å². The maximum absolute atomic E-state index is 9.30. The van der Waals surface area contributed by atoms with Gasteiger partial charge in [0.2, 0.25) is 0 Å². The third kappa shape index (κ3) is 4.41. The highest BCUT2D eigenvalue weighted by molar-refractivity contribution is 7.14. The molecule has 0 aliphatic heterocycles. The Morgan fingerprint density at radius 1 is 1.00 bits per heavy atom. The second-order valence-corrected chi connectivity index (χ2v) is 6.26. The van der Waals surface area contributed by atoms with Crippen molar-refractivity contribution in [1.29, 1.82) is 0 Å². The first kappa shape index (κ1) is 15.7. The van der Waals surface area contributed by atoms with Crippen LogP contribution in [0.2, 0.25) is 0 Å². The van der Waals surface area contributed by atoms with Gasteiger partial charge in [0.15, 0.2) is 0 Å². The SMILES string of the molecule is OCCN(Cc1cccnc1)Cc1cnc(-c2ccccn2)s1. The molecule has 0 aromatic carbocycles. The van der Waals surface area contributed by atoms with Gasteiger partial charge in [0.25, 0.3) is 0 Å². The monoisotopic (exact) mass is 326 g/mol. The fourth-order valence-electron chi connectivity index (χ4n) is 2.31. The Hall–Kier alpha value is -2.15. The van der Waals surface area contributed by atoms with Gasteiger partial charge in [-0.3, -0.25) is 14.9 Å². The van der Waals surface area contributed by atoms with Crippen LogP contribution in [0, 0.1) is 0 Å². The summed E-state index contributed by atoms with van der Waals surface area (Å²) in [5.74, 6) is 0. The molecule has 0 atom stereocenters. The highest BCUT2D eigenvalue weighted by Crippen LogP contribution is 2.24. The molecule has 3 aromatic rings. The Morgan fingerprint density at radius 2 is 1.96 bits per heavy atom. The summed E-state index contributed by atoms with van der Waals surface area (Å²) in [6.45, 7) is 2.25. The maximum atomic E-state index is 9.30. The molecule has 0 amide bonds. The summed E-state index contributed by atoms with van der Waals surface area (Å²) in [6, 6.07) is 9.80. The second kappa shape index (κ2) is 7.92. The van der Waals surface area contributed by atoms with Crippen molar-refractivity contribution in [3.05, 3.63) is 65.6 Å². The van der Waals surface area contributed by atoms with Crippen LogP contribution < -0.4 is 0 Å². The fourth-order valence-corrected chi connectivity index (χ4v) is 3.25. The van der Waals surface area contributed by atoms with Gasteiger partial charge in [-0.05, 0) is 23.8 Å². The van der Waals surface area contributed by atoms with E-state index in [4.69, 9.17) is 0 Å². The van der Waals surface area contributed by atoms with Gasteiger partial charge in [0.1, 0.15) is 5.01 Å². The molecule has 6 heteroatoms. The molecule has 0 saturated heterocycles. The molecule has 3 heterocycles. The van der Waals surface area contributed by atoms with Gasteiger partial charge < -0.3 is 5.11 Å². The zero-order valence-electron chi connectivity index (χ0n) is 12.7. The molecule has 0 radical (unpaired) electrons. The lowest BCUT2D eigenvalue weighted by Gasteiger charge is -2.20. The molecular formula is C17H18N4OS. The van der Waals surface area contributed by atoms with Gasteiger partial charge in [0, 0.05) is 49.3 Å². The quantitative estimate of drug-likeness (QED) is 0.723. The Balaban J connectivity index is 1.69. The van der Waals surface area contributed by atoms with Crippen molar-refractivity contribution in [3.8, 4) is 10.7 Å². The number of aliphatic hydroxyl groups is 1. The van der Waals surface area contributed by atoms with Gasteiger partial charge in [-0.2, -0.15) is 0 Å². The van der Waals surface area contributed by atoms with Crippen LogP contribution in [0.3, 0.4) is 0 Å². The number of hydrogen-bond acceptors (Lipinski definition) is 6. The largest absolute Gasteiger partial charge is 0.395 e. The minimum Gasteiger partial charge on any atom is -0.395 e. The lowest BCUT2D eigenvalue weighted by molar-refractivity contribution is 0.185. The molecule has 0 unspecified atom stereocenters. The van der Waals surface area contributed by atoms with E-state index < -0.39 is 0 Å². The van der Waals surface area contributed by atoms with E-state index in [-0.39, 0.29) is 6.61 Å². The first-order valence-electron chi connectivity index (χ1n) is 7.43. The van der Waals surface area contributed by atoms with Crippen LogP contribution in [0.4, 0.5) is 0 Å². The number of rotatable bonds is 7. The third-order valence-electron chi connectivity index (χ3n) is 3.36. The Labute approximate surface area is 139 Å². The Morgan fingerprint density at radius 3 is 2.70 bits per heavy atom. The molecule has 0 aliphatic rings. The standard InChI is InChI=1S/C17H18N4OS/c22-9-8-21(12-14-4-3-6-18-10-14)13-15-11-20-17(23-15)16-5-1-2-7-19-16/h1-7,10-11,22H,8-9,12-13H2. The molecule has 23 heavy (non-hydrogen) atoms. The van der Waals surface area contributed by atoms with E-state index in [9.17, 15) is 5.11 Å². The van der Waals surface area contributed by atoms with Crippen molar-refractivity contribution < 1.29 is 5.11 Å². The van der Waals surface area contributed by atoms with E-state index in [1.54, 1.807) is 23.7 Å². The molecule has 0 bridgehead atoms. The predicted octanol–water partition coefficient (Wildman–Crippen LogP) is 2.59. The summed E-state index contributed by atoms with van der Waals surface area (Å²) in [7, 11) is 0. The van der Waals surface area contributed by atoms with E-state index in [1.165, 1.54) is 0 Å². The molecule has 3 aromatic heterocycles. The molecule has 3 rings (SSSR count). The highest BCUT2D eigenvalue weighted by atomic mass is 32.1. The van der Waals surface area contributed by atoms with E-state index in [2.05, 4.69) is 19.9 Å². The highest BCUT2D eigenvalue weighted by Gasteiger charge is 2.11. The summed E-state index contributed by atoms with van der Waals surface area (Å²) < 4.78 is 0. The average molecular weight is 326 g/mol. The van der Waals surface area contributed by atoms with Crippen LogP contribution in [-0.2, 0) is 13.1 Å². The molecule has 0 spiro atoms. The number of nitrogens with zero attached hydrogens (tertiary/aromatic N) is 4. The number of aliphatic hydroxyl groups excluding tert-OH is 1. The molecule has 0 fully saturated rings. The molecule has 5 nitrogen and oxygen atoms in total. The minimum absolute atomic E-state index is 0.131. The Bertz CT molecular complexity index is 718. The van der Waals surface area contributed by atoms with E-state index in [1.807, 2.05) is 42.7 Å². The normalized spacial score (nSPS) is 11.0. The fraction of sp³-hybridized carbons (Fsp3) is 0.235. The summed E-state index contributed by atoms with van der Waals surface area (Å²) in [6.07, 6.45) is 7.29. The number of thiazole rings is 1. The lowest BCUT2D eigenvalue weighted by atomic mass is 10.2. The van der Waals surface area contributed by atoms with Gasteiger partial charge in [-0.15, -0.1) is 11.3 Å². The van der Waals surface area contributed by atoms with Crippen LogP contribution in [0.1, 0.15) is 10.4 Å². The topological polar surface area (TPSA) is 62.1 Å². The summed E-state index contributed by atoms with van der Waals surface area (Å²) in [5, 5.41) is 10.2. The van der Waals surface area contributed by atoms with E-state index in [0.717, 1.165) is 34.2 Å². The zero-order valence-corrected chi connectivity index (χ0v) is 13.5. The molecule has 1 N–H and O–H groups in total. The molecule has 0 saturated carbocycles.